The number of aryl methyl sites for hydroxylation is 2. The van der Waals surface area contributed by atoms with Crippen LogP contribution in [0.4, 0.5) is 5.69 Å². The molecule has 2 aliphatic heterocycles. The zero-order chi connectivity index (χ0) is 28.8. The molecule has 5 rings (SSSR count). The van der Waals surface area contributed by atoms with E-state index in [1.807, 2.05) is 32.0 Å². The normalized spacial score (nSPS) is 23.9. The average molecular weight is 608 g/mol. The van der Waals surface area contributed by atoms with Crippen molar-refractivity contribution < 1.29 is 29.3 Å². The molecule has 3 N–H and O–H groups in total. The Bertz CT molecular complexity index is 1470. The van der Waals surface area contributed by atoms with Gasteiger partial charge in [0.05, 0.1) is 24.6 Å². The quantitative estimate of drug-likeness (QED) is 0.315. The monoisotopic (exact) mass is 606 g/mol. The van der Waals surface area contributed by atoms with Crippen LogP contribution in [0, 0.1) is 11.8 Å². The fourth-order valence-corrected chi connectivity index (χ4v) is 6.69. The molecular weight excluding hydrogens is 576 g/mol. The Kier molecular flexibility index (Phi) is 7.46. The number of phenols is 1. The molecule has 3 aromatic carbocycles. The second kappa shape index (κ2) is 10.7. The molecule has 3 aromatic rings. The van der Waals surface area contributed by atoms with Crippen molar-refractivity contribution in [2.75, 3.05) is 12.0 Å². The highest BCUT2D eigenvalue weighted by atomic mass is 79.9. The molecule has 2 saturated heterocycles. The van der Waals surface area contributed by atoms with Crippen LogP contribution in [0.2, 0.25) is 0 Å². The lowest BCUT2D eigenvalue weighted by Crippen LogP contribution is -2.57. The molecule has 0 spiro atoms. The molecule has 208 valence electrons. The maximum Gasteiger partial charge on any atom is 0.325 e. The molecular formula is C31H31BrN2O6. The number of imide groups is 1. The van der Waals surface area contributed by atoms with E-state index in [-0.39, 0.29) is 12.2 Å². The number of anilines is 1. The number of nitrogens with one attached hydrogen (secondary N) is 1. The number of para-hydroxylation sites is 1. The summed E-state index contributed by atoms with van der Waals surface area (Å²) in [6, 6.07) is 16.5. The Morgan fingerprint density at radius 1 is 1.02 bits per heavy atom. The first kappa shape index (κ1) is 27.9. The van der Waals surface area contributed by atoms with Crippen LogP contribution in [0.5, 0.6) is 11.5 Å². The zero-order valence-electron chi connectivity index (χ0n) is 22.5. The van der Waals surface area contributed by atoms with Gasteiger partial charge >= 0.3 is 5.97 Å². The summed E-state index contributed by atoms with van der Waals surface area (Å²) in [7, 11) is 1.51. The van der Waals surface area contributed by atoms with E-state index in [0.717, 1.165) is 15.6 Å². The van der Waals surface area contributed by atoms with Crippen molar-refractivity contribution >= 4 is 39.4 Å². The number of benzene rings is 3. The van der Waals surface area contributed by atoms with E-state index in [0.29, 0.717) is 35.4 Å². The van der Waals surface area contributed by atoms with E-state index in [1.165, 1.54) is 24.1 Å². The van der Waals surface area contributed by atoms with E-state index in [1.54, 1.807) is 30.3 Å². The first-order valence-electron chi connectivity index (χ1n) is 13.3. The predicted octanol–water partition coefficient (Wildman–Crippen LogP) is 4.80. The maximum atomic E-state index is 14.4. The number of fused-ring (bicyclic) bond motifs is 1. The van der Waals surface area contributed by atoms with Crippen LogP contribution in [0.15, 0.2) is 65.1 Å². The second-order valence-corrected chi connectivity index (χ2v) is 11.2. The first-order valence-corrected chi connectivity index (χ1v) is 14.1. The van der Waals surface area contributed by atoms with Crippen molar-refractivity contribution in [1.29, 1.82) is 0 Å². The van der Waals surface area contributed by atoms with Crippen molar-refractivity contribution in [3.8, 4) is 11.5 Å². The third-order valence-corrected chi connectivity index (χ3v) is 8.66. The lowest BCUT2D eigenvalue weighted by atomic mass is 9.76. The summed E-state index contributed by atoms with van der Waals surface area (Å²) >= 11 is 3.49. The standard InChI is InChI=1S/C31H31BrN2O6/c1-4-18-7-6-8-19(5-2)27(18)34-28(36)24-25(29(34)37)31(30(38)39,16-17-9-12-21(35)13-10-17)33-26(24)22-15-20(32)11-14-23(22)40-3/h6-15,24-26,33,35H,4-5,16H2,1-3H3,(H,38,39). The maximum absolute atomic E-state index is 14.4. The van der Waals surface area contributed by atoms with Gasteiger partial charge in [0.15, 0.2) is 0 Å². The second-order valence-electron chi connectivity index (χ2n) is 10.3. The van der Waals surface area contributed by atoms with Crippen LogP contribution in [0.1, 0.15) is 42.1 Å². The highest BCUT2D eigenvalue weighted by Gasteiger charge is 2.69. The number of aliphatic carboxylic acids is 1. The number of phenolic OH excluding ortho intramolecular Hbond substituents is 1. The van der Waals surface area contributed by atoms with E-state index in [9.17, 15) is 24.6 Å². The van der Waals surface area contributed by atoms with Gasteiger partial charge in [-0.2, -0.15) is 0 Å². The highest BCUT2D eigenvalue weighted by molar-refractivity contribution is 9.10. The topological polar surface area (TPSA) is 116 Å². The predicted molar refractivity (Wildman–Crippen MR) is 153 cm³/mol. The molecule has 2 fully saturated rings. The Labute approximate surface area is 241 Å². The summed E-state index contributed by atoms with van der Waals surface area (Å²) in [6.07, 6.45) is 1.14. The zero-order valence-corrected chi connectivity index (χ0v) is 24.1. The molecule has 9 heteroatoms. The molecule has 4 unspecified atom stereocenters. The number of rotatable bonds is 8. The summed E-state index contributed by atoms with van der Waals surface area (Å²) in [6.45, 7) is 3.93. The number of nitrogens with zero attached hydrogens (tertiary/aromatic N) is 1. The number of amides is 2. The van der Waals surface area contributed by atoms with Gasteiger partial charge in [0.2, 0.25) is 11.8 Å². The molecule has 0 aromatic heterocycles. The molecule has 0 aliphatic carbocycles. The first-order chi connectivity index (χ1) is 19.2. The Morgan fingerprint density at radius 3 is 2.25 bits per heavy atom. The Hall–Kier alpha value is -3.69. The van der Waals surface area contributed by atoms with Gasteiger partial charge in [0, 0.05) is 22.5 Å². The molecule has 2 aliphatic rings. The third-order valence-electron chi connectivity index (χ3n) is 8.17. The van der Waals surface area contributed by atoms with Crippen LogP contribution < -0.4 is 15.0 Å². The number of methoxy groups -OCH3 is 1. The number of ether oxygens (including phenoxy) is 1. The number of aromatic hydroxyl groups is 1. The van der Waals surface area contributed by atoms with E-state index >= 15 is 0 Å². The van der Waals surface area contributed by atoms with Crippen LogP contribution in [-0.2, 0) is 33.6 Å². The van der Waals surface area contributed by atoms with E-state index in [4.69, 9.17) is 4.74 Å². The minimum Gasteiger partial charge on any atom is -0.508 e. The fraction of sp³-hybridized carbons (Fsp3) is 0.323. The molecule has 2 heterocycles. The van der Waals surface area contributed by atoms with Crippen molar-refractivity contribution in [2.24, 2.45) is 11.8 Å². The summed E-state index contributed by atoms with van der Waals surface area (Å²) in [5, 5.41) is 23.8. The van der Waals surface area contributed by atoms with Gasteiger partial charge in [0.1, 0.15) is 17.0 Å². The van der Waals surface area contributed by atoms with Crippen molar-refractivity contribution in [3.63, 3.8) is 0 Å². The number of carbonyl (C=O) groups is 3. The number of hydrogen-bond acceptors (Lipinski definition) is 6. The van der Waals surface area contributed by atoms with Crippen LogP contribution >= 0.6 is 15.9 Å². The fourth-order valence-electron chi connectivity index (χ4n) is 6.31. The van der Waals surface area contributed by atoms with Crippen LogP contribution in [0.3, 0.4) is 0 Å². The molecule has 2 amide bonds. The molecule has 0 saturated carbocycles. The summed E-state index contributed by atoms with van der Waals surface area (Å²) in [4.78, 5) is 43.3. The number of carboxylic acid groups (broad SMARTS) is 1. The molecule has 8 nitrogen and oxygen atoms in total. The minimum atomic E-state index is -1.80. The van der Waals surface area contributed by atoms with Gasteiger partial charge in [-0.05, 0) is 59.9 Å². The SMILES string of the molecule is CCc1cccc(CC)c1N1C(=O)C2C(c3cc(Br)ccc3OC)NC(Cc3ccc(O)cc3)(C(=O)O)C2C1=O. The average Bonchev–Trinajstić information content (AvgIpc) is 3.42. The number of hydrogen-bond donors (Lipinski definition) is 3. The summed E-state index contributed by atoms with van der Waals surface area (Å²) in [5.41, 5.74) is 1.66. The molecule has 0 bridgehead atoms. The largest absolute Gasteiger partial charge is 0.508 e. The minimum absolute atomic E-state index is 0.0451. The summed E-state index contributed by atoms with van der Waals surface area (Å²) in [5.74, 6) is -3.84. The van der Waals surface area contributed by atoms with Gasteiger partial charge in [-0.1, -0.05) is 60.1 Å². The van der Waals surface area contributed by atoms with Crippen molar-refractivity contribution in [3.05, 3.63) is 87.4 Å². The summed E-state index contributed by atoms with van der Waals surface area (Å²) < 4.78 is 6.35. The Morgan fingerprint density at radius 2 is 1.68 bits per heavy atom. The van der Waals surface area contributed by atoms with Gasteiger partial charge in [-0.25, -0.2) is 4.90 Å². The van der Waals surface area contributed by atoms with Crippen molar-refractivity contribution in [1.82, 2.24) is 5.32 Å². The Balaban J connectivity index is 1.73. The van der Waals surface area contributed by atoms with Crippen LogP contribution in [-0.4, -0.2) is 40.6 Å². The van der Waals surface area contributed by atoms with Gasteiger partial charge in [0.25, 0.3) is 0 Å². The molecule has 4 atom stereocenters. The van der Waals surface area contributed by atoms with Gasteiger partial charge < -0.3 is 14.9 Å². The van der Waals surface area contributed by atoms with E-state index in [2.05, 4.69) is 21.2 Å². The lowest BCUT2D eigenvalue weighted by Gasteiger charge is -2.32. The van der Waals surface area contributed by atoms with Crippen LogP contribution in [0.25, 0.3) is 0 Å². The molecule has 0 radical (unpaired) electrons. The number of carboxylic acids is 1. The third kappa shape index (κ3) is 4.37. The van der Waals surface area contributed by atoms with E-state index < -0.39 is 41.2 Å². The smallest absolute Gasteiger partial charge is 0.325 e. The molecule has 40 heavy (non-hydrogen) atoms. The van der Waals surface area contributed by atoms with Crippen molar-refractivity contribution in [2.45, 2.75) is 44.7 Å². The van der Waals surface area contributed by atoms with Gasteiger partial charge in [-0.15, -0.1) is 0 Å². The highest BCUT2D eigenvalue weighted by Crippen LogP contribution is 2.53. The van der Waals surface area contributed by atoms with Gasteiger partial charge in [-0.3, -0.25) is 19.7 Å². The number of halogens is 1. The number of carbonyl (C=O) groups excluding carboxylic acids is 2. The lowest BCUT2D eigenvalue weighted by molar-refractivity contribution is -0.148.